The molecule has 132 valence electrons. The van der Waals surface area contributed by atoms with Crippen LogP contribution in [0.25, 0.3) is 0 Å². The first-order chi connectivity index (χ1) is 11.2. The number of carbonyl (C=O) groups excluding carboxylic acids is 1. The number of amides is 1. The maximum Gasteiger partial charge on any atom is 0.434 e. The second-order valence-electron chi connectivity index (χ2n) is 7.71. The molecule has 0 radical (unpaired) electrons. The summed E-state index contributed by atoms with van der Waals surface area (Å²) in [7, 11) is 0. The molecule has 0 aliphatic heterocycles. The lowest BCUT2D eigenvalue weighted by molar-refractivity contribution is 0.0604. The molecule has 0 bridgehead atoms. The smallest absolute Gasteiger partial charge is 0.434 e. The Bertz CT molecular complexity index is 584. The van der Waals surface area contributed by atoms with Crippen LogP contribution in [0.4, 0.5) is 4.79 Å². The highest BCUT2D eigenvalue weighted by Gasteiger charge is 2.20. The number of benzene rings is 1. The number of carbonyl (C=O) groups is 1. The van der Waals surface area contributed by atoms with E-state index < -0.39 is 11.7 Å². The van der Waals surface area contributed by atoms with Gasteiger partial charge in [-0.05, 0) is 82.7 Å². The Kier molecular flexibility index (Phi) is 6.03. The van der Waals surface area contributed by atoms with Gasteiger partial charge in [0.1, 0.15) is 11.4 Å². The minimum absolute atomic E-state index is 0.316. The molecule has 0 aromatic heterocycles. The van der Waals surface area contributed by atoms with Gasteiger partial charge < -0.3 is 9.47 Å². The quantitative estimate of drug-likeness (QED) is 0.698. The number of aliphatic imine (C=N–C) groups is 1. The Hall–Kier alpha value is -1.84. The van der Waals surface area contributed by atoms with Crippen LogP contribution in [-0.4, -0.2) is 23.5 Å². The maximum absolute atomic E-state index is 11.8. The van der Waals surface area contributed by atoms with Crippen LogP contribution in [-0.2, 0) is 4.74 Å². The van der Waals surface area contributed by atoms with Gasteiger partial charge in [-0.2, -0.15) is 4.99 Å². The van der Waals surface area contributed by atoms with Gasteiger partial charge in [-0.3, -0.25) is 0 Å². The highest BCUT2D eigenvalue weighted by atomic mass is 16.6. The fraction of sp³-hybridized carbons (Fsp3) is 0.600. The summed E-state index contributed by atoms with van der Waals surface area (Å²) >= 11 is 0. The number of nitrogens with zero attached hydrogens (tertiary/aromatic N) is 1. The zero-order valence-corrected chi connectivity index (χ0v) is 15.5. The molecule has 0 N–H and O–H groups in total. The lowest BCUT2D eigenvalue weighted by Gasteiger charge is -2.27. The van der Waals surface area contributed by atoms with Gasteiger partial charge in [-0.1, -0.05) is 13.3 Å². The van der Waals surface area contributed by atoms with Gasteiger partial charge in [-0.15, -0.1) is 0 Å². The van der Waals surface area contributed by atoms with Crippen molar-refractivity contribution in [2.75, 3.05) is 0 Å². The van der Waals surface area contributed by atoms with E-state index in [4.69, 9.17) is 9.47 Å². The third-order valence-corrected chi connectivity index (χ3v) is 4.12. The average molecular weight is 331 g/mol. The first-order valence-electron chi connectivity index (χ1n) is 8.78. The zero-order valence-electron chi connectivity index (χ0n) is 15.5. The Labute approximate surface area is 145 Å². The van der Waals surface area contributed by atoms with E-state index in [-0.39, 0.29) is 0 Å². The molecule has 1 aliphatic rings. The number of rotatable bonds is 3. The molecule has 1 aromatic carbocycles. The van der Waals surface area contributed by atoms with Crippen molar-refractivity contribution in [3.63, 3.8) is 0 Å². The van der Waals surface area contributed by atoms with Crippen LogP contribution in [0.3, 0.4) is 0 Å². The topological polar surface area (TPSA) is 47.9 Å². The predicted molar refractivity (Wildman–Crippen MR) is 96.9 cm³/mol. The highest BCUT2D eigenvalue weighted by Crippen LogP contribution is 2.27. The molecule has 1 saturated carbocycles. The summed E-state index contributed by atoms with van der Waals surface area (Å²) in [6.45, 7) is 9.58. The molecular formula is C20H29NO3. The predicted octanol–water partition coefficient (Wildman–Crippen LogP) is 5.39. The number of ether oxygens (including phenoxy) is 2. The third-order valence-electron chi connectivity index (χ3n) is 4.12. The summed E-state index contributed by atoms with van der Waals surface area (Å²) in [6.07, 6.45) is 4.56. The summed E-state index contributed by atoms with van der Waals surface area (Å²) in [5.41, 5.74) is 1.00. The van der Waals surface area contributed by atoms with Gasteiger partial charge in [0.15, 0.2) is 0 Å². The molecule has 1 aliphatic carbocycles. The summed E-state index contributed by atoms with van der Waals surface area (Å²) in [5, 5.41) is 0. The largest absolute Gasteiger partial charge is 0.490 e. The van der Waals surface area contributed by atoms with E-state index in [1.807, 2.05) is 52.0 Å². The Morgan fingerprint density at radius 1 is 1.17 bits per heavy atom. The van der Waals surface area contributed by atoms with Crippen LogP contribution < -0.4 is 4.74 Å². The second kappa shape index (κ2) is 7.82. The van der Waals surface area contributed by atoms with E-state index >= 15 is 0 Å². The molecule has 1 fully saturated rings. The van der Waals surface area contributed by atoms with Crippen molar-refractivity contribution in [2.45, 2.75) is 72.0 Å². The van der Waals surface area contributed by atoms with Crippen LogP contribution in [0.1, 0.15) is 65.9 Å². The van der Waals surface area contributed by atoms with Crippen molar-refractivity contribution in [1.29, 1.82) is 0 Å². The Morgan fingerprint density at radius 3 is 2.42 bits per heavy atom. The molecular weight excluding hydrogens is 302 g/mol. The van der Waals surface area contributed by atoms with Crippen molar-refractivity contribution >= 4 is 11.8 Å². The van der Waals surface area contributed by atoms with Gasteiger partial charge >= 0.3 is 6.09 Å². The van der Waals surface area contributed by atoms with Gasteiger partial charge in [0.2, 0.25) is 0 Å². The molecule has 0 saturated heterocycles. The molecule has 2 rings (SSSR count). The standard InChI is InChI=1S/C20H29NO3/c1-14-7-6-8-18(13-14)23-17-11-9-16(10-12-17)15(2)21-19(22)24-20(3,4)5/h9-12,14,18H,6-8,13H2,1-5H3. The van der Waals surface area contributed by atoms with E-state index in [2.05, 4.69) is 11.9 Å². The van der Waals surface area contributed by atoms with E-state index in [0.717, 1.165) is 30.1 Å². The summed E-state index contributed by atoms with van der Waals surface area (Å²) < 4.78 is 11.3. The fourth-order valence-corrected chi connectivity index (χ4v) is 2.94. The first-order valence-corrected chi connectivity index (χ1v) is 8.78. The van der Waals surface area contributed by atoms with Gasteiger partial charge in [0, 0.05) is 0 Å². The van der Waals surface area contributed by atoms with Crippen molar-refractivity contribution in [3.05, 3.63) is 29.8 Å². The molecule has 4 nitrogen and oxygen atoms in total. The van der Waals surface area contributed by atoms with E-state index in [9.17, 15) is 4.79 Å². The SMILES string of the molecule is CC(=NC(=O)OC(C)(C)C)c1ccc(OC2CCCC(C)C2)cc1. The summed E-state index contributed by atoms with van der Waals surface area (Å²) in [6, 6.07) is 7.76. The number of hydrogen-bond acceptors (Lipinski definition) is 3. The van der Waals surface area contributed by atoms with Gasteiger partial charge in [0.25, 0.3) is 0 Å². The van der Waals surface area contributed by atoms with Gasteiger partial charge in [0.05, 0.1) is 11.8 Å². The molecule has 1 aromatic rings. The third kappa shape index (κ3) is 5.99. The lowest BCUT2D eigenvalue weighted by Crippen LogP contribution is -2.24. The first kappa shape index (κ1) is 18.5. The molecule has 0 spiro atoms. The van der Waals surface area contributed by atoms with Crippen LogP contribution >= 0.6 is 0 Å². The van der Waals surface area contributed by atoms with Crippen LogP contribution in [0.15, 0.2) is 29.3 Å². The molecule has 4 heteroatoms. The Balaban J connectivity index is 1.96. The lowest BCUT2D eigenvalue weighted by atomic mass is 9.89. The Morgan fingerprint density at radius 2 is 1.83 bits per heavy atom. The van der Waals surface area contributed by atoms with Crippen LogP contribution in [0, 0.1) is 5.92 Å². The maximum atomic E-state index is 11.8. The average Bonchev–Trinajstić information content (AvgIpc) is 2.45. The van der Waals surface area contributed by atoms with Crippen molar-refractivity contribution < 1.29 is 14.3 Å². The van der Waals surface area contributed by atoms with Crippen molar-refractivity contribution in [3.8, 4) is 5.75 Å². The monoisotopic (exact) mass is 331 g/mol. The highest BCUT2D eigenvalue weighted by molar-refractivity contribution is 6.03. The van der Waals surface area contributed by atoms with Crippen LogP contribution in [0.2, 0.25) is 0 Å². The molecule has 1 amide bonds. The van der Waals surface area contributed by atoms with E-state index in [1.54, 1.807) is 0 Å². The second-order valence-corrected chi connectivity index (χ2v) is 7.71. The number of hydrogen-bond donors (Lipinski definition) is 0. The molecule has 0 heterocycles. The minimum atomic E-state index is -0.559. The zero-order chi connectivity index (χ0) is 17.7. The summed E-state index contributed by atoms with van der Waals surface area (Å²) in [4.78, 5) is 15.8. The molecule has 2 atom stereocenters. The fourth-order valence-electron chi connectivity index (χ4n) is 2.94. The van der Waals surface area contributed by atoms with Crippen molar-refractivity contribution in [1.82, 2.24) is 0 Å². The van der Waals surface area contributed by atoms with Crippen molar-refractivity contribution in [2.24, 2.45) is 10.9 Å². The van der Waals surface area contributed by atoms with E-state index in [1.165, 1.54) is 12.8 Å². The molecule has 24 heavy (non-hydrogen) atoms. The molecule has 2 unspecified atom stereocenters. The normalized spacial score (nSPS) is 22.1. The van der Waals surface area contributed by atoms with Gasteiger partial charge in [-0.25, -0.2) is 4.79 Å². The van der Waals surface area contributed by atoms with E-state index in [0.29, 0.717) is 11.8 Å². The minimum Gasteiger partial charge on any atom is -0.490 e. The summed E-state index contributed by atoms with van der Waals surface area (Å²) in [5.74, 6) is 1.62. The van der Waals surface area contributed by atoms with Crippen LogP contribution in [0.5, 0.6) is 5.75 Å².